The Morgan fingerprint density at radius 2 is 1.89 bits per heavy atom. The summed E-state index contributed by atoms with van der Waals surface area (Å²) in [4.78, 5) is 25.1. The number of aliphatic hydroxyl groups excluding tert-OH is 1. The first-order chi connectivity index (χ1) is 13.3. The van der Waals surface area contributed by atoms with Gasteiger partial charge in [0.05, 0.1) is 6.04 Å². The molecule has 2 N–H and O–H groups in total. The van der Waals surface area contributed by atoms with Crippen LogP contribution in [0, 0.1) is 5.82 Å². The third kappa shape index (κ3) is 3.07. The Kier molecular flexibility index (Phi) is 4.46. The summed E-state index contributed by atoms with van der Waals surface area (Å²) in [6.45, 7) is 3.50. The van der Waals surface area contributed by atoms with Gasteiger partial charge in [0.15, 0.2) is 5.78 Å². The molecule has 0 radical (unpaired) electrons. The highest BCUT2D eigenvalue weighted by atomic mass is 19.1. The maximum atomic E-state index is 13.2. The van der Waals surface area contributed by atoms with Gasteiger partial charge in [-0.05, 0) is 68.7 Å². The fourth-order valence-electron chi connectivity index (χ4n) is 4.04. The third-order valence-electron chi connectivity index (χ3n) is 5.55. The highest BCUT2D eigenvalue weighted by molar-refractivity contribution is 5.99. The van der Waals surface area contributed by atoms with Crippen molar-refractivity contribution in [2.24, 2.45) is 0 Å². The Morgan fingerprint density at radius 1 is 1.18 bits per heavy atom. The van der Waals surface area contributed by atoms with Gasteiger partial charge in [0.2, 0.25) is 0 Å². The number of nitrogens with one attached hydrogen (secondary N) is 1. The number of amides is 1. The predicted molar refractivity (Wildman–Crippen MR) is 101 cm³/mol. The first-order valence-corrected chi connectivity index (χ1v) is 9.40. The zero-order chi connectivity index (χ0) is 20.1. The van der Waals surface area contributed by atoms with E-state index in [0.29, 0.717) is 35.3 Å². The Bertz CT molecular complexity index is 952. The number of benzene rings is 2. The van der Waals surface area contributed by atoms with E-state index >= 15 is 0 Å². The molecule has 1 amide bonds. The highest BCUT2D eigenvalue weighted by Crippen LogP contribution is 2.44. The van der Waals surface area contributed by atoms with E-state index in [1.54, 1.807) is 26.0 Å². The van der Waals surface area contributed by atoms with Gasteiger partial charge in [-0.15, -0.1) is 0 Å². The van der Waals surface area contributed by atoms with E-state index in [1.165, 1.54) is 24.3 Å². The van der Waals surface area contributed by atoms with Crippen LogP contribution in [0.4, 0.5) is 4.39 Å². The van der Waals surface area contributed by atoms with E-state index in [9.17, 15) is 19.1 Å². The Labute approximate surface area is 162 Å². The number of hydrogen-bond acceptors (Lipinski definition) is 4. The maximum absolute atomic E-state index is 13.2. The molecule has 0 saturated carbocycles. The summed E-state index contributed by atoms with van der Waals surface area (Å²) in [7, 11) is 0. The second-order valence-electron chi connectivity index (χ2n) is 7.89. The van der Waals surface area contributed by atoms with Crippen molar-refractivity contribution in [2.75, 3.05) is 0 Å². The van der Waals surface area contributed by atoms with Gasteiger partial charge in [0.25, 0.3) is 5.91 Å². The lowest BCUT2D eigenvalue weighted by Crippen LogP contribution is -2.54. The summed E-state index contributed by atoms with van der Waals surface area (Å²) in [5.74, 6) is -0.228. The van der Waals surface area contributed by atoms with Crippen molar-refractivity contribution in [1.82, 2.24) is 5.32 Å². The monoisotopic (exact) mass is 383 g/mol. The minimum absolute atomic E-state index is 0.0620. The van der Waals surface area contributed by atoms with E-state index in [1.807, 2.05) is 0 Å². The number of ether oxygens (including phenoxy) is 1. The number of ketones is 1. The van der Waals surface area contributed by atoms with Gasteiger partial charge in [0.1, 0.15) is 23.3 Å². The molecule has 2 aromatic carbocycles. The molecule has 2 atom stereocenters. The number of fused-ring (bicyclic) bond motifs is 3. The van der Waals surface area contributed by atoms with Gasteiger partial charge < -0.3 is 15.2 Å². The lowest BCUT2D eigenvalue weighted by Gasteiger charge is -2.43. The normalized spacial score (nSPS) is 22.6. The van der Waals surface area contributed by atoms with Crippen LogP contribution in [0.3, 0.4) is 0 Å². The maximum Gasteiger partial charge on any atom is 0.251 e. The summed E-state index contributed by atoms with van der Waals surface area (Å²) in [6, 6.07) is 7.99. The minimum Gasteiger partial charge on any atom is -0.485 e. The van der Waals surface area contributed by atoms with Crippen LogP contribution in [0.15, 0.2) is 36.4 Å². The molecule has 2 aromatic rings. The minimum atomic E-state index is -1.02. The third-order valence-corrected chi connectivity index (χ3v) is 5.55. The zero-order valence-corrected chi connectivity index (χ0v) is 15.8. The standard InChI is InChI=1S/C22H22FNO4/c1-22(2)20(26)19(24-21(27)12-6-8-13(23)9-7-12)18-15-4-3-5-16(25)14(15)10-11-17(18)28-22/h6-11,19-20,26H,3-5H2,1-2H3,(H,24,27)/t19-,20+/m0/s1. The highest BCUT2D eigenvalue weighted by Gasteiger charge is 2.45. The first kappa shape index (κ1) is 18.6. The van der Waals surface area contributed by atoms with Crippen LogP contribution in [0.1, 0.15) is 64.6 Å². The van der Waals surface area contributed by atoms with Crippen LogP contribution < -0.4 is 10.1 Å². The lowest BCUT2D eigenvalue weighted by atomic mass is 9.79. The van der Waals surface area contributed by atoms with Gasteiger partial charge in [-0.2, -0.15) is 0 Å². The molecule has 4 rings (SSSR count). The van der Waals surface area contributed by atoms with Crippen molar-refractivity contribution in [1.29, 1.82) is 0 Å². The molecule has 6 heteroatoms. The van der Waals surface area contributed by atoms with Crippen LogP contribution in [0.25, 0.3) is 0 Å². The molecule has 0 fully saturated rings. The number of hydrogen-bond donors (Lipinski definition) is 2. The average Bonchev–Trinajstić information content (AvgIpc) is 2.65. The largest absolute Gasteiger partial charge is 0.485 e. The van der Waals surface area contributed by atoms with Gasteiger partial charge >= 0.3 is 0 Å². The molecule has 0 aromatic heterocycles. The fourth-order valence-corrected chi connectivity index (χ4v) is 4.04. The molecule has 146 valence electrons. The van der Waals surface area contributed by atoms with Crippen molar-refractivity contribution in [3.8, 4) is 5.75 Å². The van der Waals surface area contributed by atoms with Gasteiger partial charge in [-0.25, -0.2) is 4.39 Å². The van der Waals surface area contributed by atoms with Crippen LogP contribution >= 0.6 is 0 Å². The molecular weight excluding hydrogens is 361 g/mol. The van der Waals surface area contributed by atoms with E-state index in [0.717, 1.165) is 12.0 Å². The number of rotatable bonds is 2. The fraction of sp³-hybridized carbons (Fsp3) is 0.364. The van der Waals surface area contributed by atoms with Crippen LogP contribution in [-0.2, 0) is 6.42 Å². The molecule has 28 heavy (non-hydrogen) atoms. The molecule has 0 saturated heterocycles. The van der Waals surface area contributed by atoms with Crippen molar-refractivity contribution in [2.45, 2.75) is 50.9 Å². The number of carbonyl (C=O) groups excluding carboxylic acids is 2. The van der Waals surface area contributed by atoms with Crippen LogP contribution in [0.2, 0.25) is 0 Å². The second kappa shape index (κ2) is 6.71. The number of carbonyl (C=O) groups is 2. The Morgan fingerprint density at radius 3 is 2.61 bits per heavy atom. The quantitative estimate of drug-likeness (QED) is 0.834. The lowest BCUT2D eigenvalue weighted by molar-refractivity contribution is -0.0631. The van der Waals surface area contributed by atoms with Gasteiger partial charge in [0, 0.05) is 23.1 Å². The summed E-state index contributed by atoms with van der Waals surface area (Å²) in [5, 5.41) is 13.8. The second-order valence-corrected chi connectivity index (χ2v) is 7.89. The Balaban J connectivity index is 1.78. The van der Waals surface area contributed by atoms with Crippen molar-refractivity contribution >= 4 is 11.7 Å². The van der Waals surface area contributed by atoms with Crippen molar-refractivity contribution in [3.05, 3.63) is 64.5 Å². The summed E-state index contributed by atoms with van der Waals surface area (Å²) >= 11 is 0. The zero-order valence-electron chi connectivity index (χ0n) is 15.8. The van der Waals surface area contributed by atoms with E-state index < -0.39 is 29.5 Å². The van der Waals surface area contributed by atoms with E-state index in [2.05, 4.69) is 5.32 Å². The molecule has 0 unspecified atom stereocenters. The summed E-state index contributed by atoms with van der Waals surface area (Å²) in [6.07, 6.45) is 0.880. The molecule has 0 spiro atoms. The molecule has 0 bridgehead atoms. The predicted octanol–water partition coefficient (Wildman–Crippen LogP) is 3.35. The molecule has 2 aliphatic rings. The number of Topliss-reactive ketones (excluding diaryl/α,β-unsaturated/α-hetero) is 1. The first-order valence-electron chi connectivity index (χ1n) is 9.40. The summed E-state index contributed by atoms with van der Waals surface area (Å²) < 4.78 is 19.2. The van der Waals surface area contributed by atoms with Crippen LogP contribution in [-0.4, -0.2) is 28.5 Å². The van der Waals surface area contributed by atoms with Crippen LogP contribution in [0.5, 0.6) is 5.75 Å². The molecule has 5 nitrogen and oxygen atoms in total. The van der Waals surface area contributed by atoms with Crippen molar-refractivity contribution < 1.29 is 23.8 Å². The number of aliphatic hydroxyl groups is 1. The van der Waals surface area contributed by atoms with Crippen molar-refractivity contribution in [3.63, 3.8) is 0 Å². The summed E-state index contributed by atoms with van der Waals surface area (Å²) in [5.41, 5.74) is 1.48. The Hall–Kier alpha value is -2.73. The van der Waals surface area contributed by atoms with E-state index in [4.69, 9.17) is 4.74 Å². The number of halogens is 1. The average molecular weight is 383 g/mol. The topological polar surface area (TPSA) is 75.6 Å². The molecule has 1 aliphatic heterocycles. The SMILES string of the molecule is CC1(C)Oc2ccc3c(c2[C@H](NC(=O)c2ccc(F)cc2)[C@H]1O)CCCC3=O. The van der Waals surface area contributed by atoms with Gasteiger partial charge in [-0.3, -0.25) is 9.59 Å². The molecule has 1 heterocycles. The van der Waals surface area contributed by atoms with Gasteiger partial charge in [-0.1, -0.05) is 0 Å². The molecule has 1 aliphatic carbocycles. The smallest absolute Gasteiger partial charge is 0.251 e. The molecular formula is C22H22FNO4. The van der Waals surface area contributed by atoms with E-state index in [-0.39, 0.29) is 5.78 Å².